The van der Waals surface area contributed by atoms with Crippen molar-refractivity contribution in [1.29, 1.82) is 0 Å². The zero-order valence-electron chi connectivity index (χ0n) is 11.0. The molecule has 2 atom stereocenters. The van der Waals surface area contributed by atoms with Crippen molar-refractivity contribution in [2.75, 3.05) is 12.4 Å². The maximum Gasteiger partial charge on any atom is 0.147 e. The monoisotopic (exact) mass is 242 g/mol. The molecular formula is C15H18N2O. The van der Waals surface area contributed by atoms with E-state index in [1.807, 2.05) is 7.05 Å². The van der Waals surface area contributed by atoms with Crippen LogP contribution in [0.2, 0.25) is 0 Å². The van der Waals surface area contributed by atoms with Crippen LogP contribution < -0.4 is 5.32 Å². The molecule has 3 nitrogen and oxygen atoms in total. The second-order valence-corrected chi connectivity index (χ2v) is 5.17. The summed E-state index contributed by atoms with van der Waals surface area (Å²) in [6, 6.07) is 6.75. The van der Waals surface area contributed by atoms with Crippen LogP contribution in [-0.2, 0) is 6.42 Å². The summed E-state index contributed by atoms with van der Waals surface area (Å²) in [5.74, 6) is 0.917. The smallest absolute Gasteiger partial charge is 0.147 e. The zero-order chi connectivity index (χ0) is 12.7. The molecule has 0 bridgehead atoms. The number of benzene rings is 1. The molecule has 0 saturated heterocycles. The van der Waals surface area contributed by atoms with Crippen LogP contribution >= 0.6 is 0 Å². The fourth-order valence-corrected chi connectivity index (χ4v) is 2.99. The van der Waals surface area contributed by atoms with E-state index in [2.05, 4.69) is 42.5 Å². The topological polar surface area (TPSA) is 38.1 Å². The van der Waals surface area contributed by atoms with E-state index in [4.69, 9.17) is 4.52 Å². The lowest BCUT2D eigenvalue weighted by Gasteiger charge is -2.14. The van der Waals surface area contributed by atoms with Crippen molar-refractivity contribution >= 4 is 5.69 Å². The van der Waals surface area contributed by atoms with Crippen LogP contribution in [0.4, 0.5) is 5.69 Å². The molecule has 3 rings (SSSR count). The minimum absolute atomic E-state index is 0.419. The summed E-state index contributed by atoms with van der Waals surface area (Å²) in [6.45, 7) is 4.43. The molecule has 0 amide bonds. The largest absolute Gasteiger partial charge is 0.384 e. The fraction of sp³-hybridized carbons (Fsp3) is 0.400. The second kappa shape index (κ2) is 4.16. The van der Waals surface area contributed by atoms with Crippen molar-refractivity contribution in [1.82, 2.24) is 5.16 Å². The lowest BCUT2D eigenvalue weighted by atomic mass is 9.91. The molecule has 0 radical (unpaired) electrons. The van der Waals surface area contributed by atoms with E-state index in [0.717, 1.165) is 17.8 Å². The number of rotatable bonds is 2. The van der Waals surface area contributed by atoms with Gasteiger partial charge in [0.1, 0.15) is 12.0 Å². The highest BCUT2D eigenvalue weighted by atomic mass is 16.5. The van der Waals surface area contributed by atoms with Gasteiger partial charge in [-0.25, -0.2) is 0 Å². The van der Waals surface area contributed by atoms with Crippen LogP contribution in [0.3, 0.4) is 0 Å². The van der Waals surface area contributed by atoms with Crippen LogP contribution in [-0.4, -0.2) is 12.2 Å². The van der Waals surface area contributed by atoms with Crippen LogP contribution in [0.15, 0.2) is 29.0 Å². The predicted molar refractivity (Wildman–Crippen MR) is 72.1 cm³/mol. The lowest BCUT2D eigenvalue weighted by molar-refractivity contribution is 0.401. The molecule has 3 heteroatoms. The Kier molecular flexibility index (Phi) is 2.62. The Balaban J connectivity index is 1.99. The Bertz CT molecular complexity index is 574. The highest BCUT2D eigenvalue weighted by Gasteiger charge is 2.33. The number of hydrogen-bond donors (Lipinski definition) is 1. The predicted octanol–water partition coefficient (Wildman–Crippen LogP) is 3.47. The summed E-state index contributed by atoms with van der Waals surface area (Å²) in [7, 11) is 1.91. The first-order chi connectivity index (χ1) is 8.70. The van der Waals surface area contributed by atoms with Gasteiger partial charge in [-0.15, -0.1) is 0 Å². The van der Waals surface area contributed by atoms with Crippen LogP contribution in [0.5, 0.6) is 0 Å². The van der Waals surface area contributed by atoms with Crippen LogP contribution in [0, 0.1) is 6.92 Å². The molecule has 1 N–H and O–H groups in total. The molecule has 0 spiro atoms. The summed E-state index contributed by atoms with van der Waals surface area (Å²) in [4.78, 5) is 0. The number of nitrogens with zero attached hydrogens (tertiary/aromatic N) is 1. The lowest BCUT2D eigenvalue weighted by Crippen LogP contribution is -2.06. The molecule has 0 saturated carbocycles. The van der Waals surface area contributed by atoms with E-state index >= 15 is 0 Å². The van der Waals surface area contributed by atoms with Crippen LogP contribution in [0.1, 0.15) is 41.1 Å². The van der Waals surface area contributed by atoms with E-state index in [-0.39, 0.29) is 0 Å². The first-order valence-electron chi connectivity index (χ1n) is 6.42. The summed E-state index contributed by atoms with van der Waals surface area (Å²) in [5, 5.41) is 7.34. The van der Waals surface area contributed by atoms with Gasteiger partial charge in [0.15, 0.2) is 0 Å². The van der Waals surface area contributed by atoms with Gasteiger partial charge >= 0.3 is 0 Å². The Morgan fingerprint density at radius 2 is 2.22 bits per heavy atom. The molecule has 2 aromatic rings. The van der Waals surface area contributed by atoms with Crippen LogP contribution in [0.25, 0.3) is 0 Å². The Hall–Kier alpha value is -1.77. The second-order valence-electron chi connectivity index (χ2n) is 5.17. The van der Waals surface area contributed by atoms with E-state index in [1.165, 1.54) is 16.7 Å². The van der Waals surface area contributed by atoms with Crippen molar-refractivity contribution < 1.29 is 4.52 Å². The van der Waals surface area contributed by atoms with Crippen molar-refractivity contribution in [2.24, 2.45) is 0 Å². The van der Waals surface area contributed by atoms with Gasteiger partial charge in [0.25, 0.3) is 0 Å². The van der Waals surface area contributed by atoms with Crippen molar-refractivity contribution in [3.8, 4) is 0 Å². The van der Waals surface area contributed by atoms with Gasteiger partial charge in [-0.2, -0.15) is 0 Å². The highest BCUT2D eigenvalue weighted by Crippen LogP contribution is 2.45. The van der Waals surface area contributed by atoms with Crippen molar-refractivity contribution in [3.63, 3.8) is 0 Å². The van der Waals surface area contributed by atoms with E-state index in [9.17, 15) is 0 Å². The van der Waals surface area contributed by atoms with Gasteiger partial charge < -0.3 is 9.84 Å². The fourth-order valence-electron chi connectivity index (χ4n) is 2.99. The Morgan fingerprint density at radius 3 is 3.00 bits per heavy atom. The average molecular weight is 242 g/mol. The first kappa shape index (κ1) is 11.3. The number of aromatic nitrogens is 1. The molecule has 1 aromatic carbocycles. The molecule has 1 heterocycles. The number of fused-ring (bicyclic) bond motifs is 1. The molecule has 18 heavy (non-hydrogen) atoms. The molecule has 94 valence electrons. The van der Waals surface area contributed by atoms with E-state index in [1.54, 1.807) is 6.26 Å². The Labute approximate surface area is 107 Å². The first-order valence-corrected chi connectivity index (χ1v) is 6.42. The van der Waals surface area contributed by atoms with Gasteiger partial charge in [0.2, 0.25) is 0 Å². The third kappa shape index (κ3) is 1.62. The molecular weight excluding hydrogens is 224 g/mol. The molecule has 2 unspecified atom stereocenters. The summed E-state index contributed by atoms with van der Waals surface area (Å²) < 4.78 is 5.11. The molecule has 0 aliphatic heterocycles. The number of nitrogens with one attached hydrogen (secondary N) is 1. The summed E-state index contributed by atoms with van der Waals surface area (Å²) >= 11 is 0. The van der Waals surface area contributed by atoms with Gasteiger partial charge in [0, 0.05) is 13.0 Å². The SMILES string of the molecule is CNc1conc1C1Cc2ccc(C)cc2C1C. The third-order valence-electron chi connectivity index (χ3n) is 4.05. The molecule has 1 aliphatic carbocycles. The molecule has 1 aromatic heterocycles. The molecule has 0 fully saturated rings. The summed E-state index contributed by atoms with van der Waals surface area (Å²) in [6.07, 6.45) is 2.74. The standard InChI is InChI=1S/C15H18N2O/c1-9-4-5-11-7-13(10(2)12(11)6-9)15-14(16-3)8-18-17-15/h4-6,8,10,13,16H,7H2,1-3H3. The van der Waals surface area contributed by atoms with Gasteiger partial charge in [-0.05, 0) is 30.4 Å². The van der Waals surface area contributed by atoms with Crippen molar-refractivity contribution in [3.05, 3.63) is 46.8 Å². The van der Waals surface area contributed by atoms with Gasteiger partial charge in [-0.3, -0.25) is 0 Å². The normalized spacial score (nSPS) is 21.9. The quantitative estimate of drug-likeness (QED) is 0.876. The molecule has 1 aliphatic rings. The maximum absolute atomic E-state index is 5.11. The van der Waals surface area contributed by atoms with E-state index < -0.39 is 0 Å². The number of anilines is 1. The average Bonchev–Trinajstić information content (AvgIpc) is 2.94. The van der Waals surface area contributed by atoms with Gasteiger partial charge in [-0.1, -0.05) is 35.8 Å². The zero-order valence-corrected chi connectivity index (χ0v) is 11.0. The number of hydrogen-bond acceptors (Lipinski definition) is 3. The van der Waals surface area contributed by atoms with Gasteiger partial charge in [0.05, 0.1) is 5.69 Å². The highest BCUT2D eigenvalue weighted by molar-refractivity contribution is 5.51. The maximum atomic E-state index is 5.11. The Morgan fingerprint density at radius 1 is 1.39 bits per heavy atom. The van der Waals surface area contributed by atoms with E-state index in [0.29, 0.717) is 11.8 Å². The van der Waals surface area contributed by atoms with Crippen molar-refractivity contribution in [2.45, 2.75) is 32.1 Å². The minimum atomic E-state index is 0.419. The third-order valence-corrected chi connectivity index (χ3v) is 4.05. The number of aryl methyl sites for hydroxylation is 1. The minimum Gasteiger partial charge on any atom is -0.384 e. The summed E-state index contributed by atoms with van der Waals surface area (Å²) in [5.41, 5.74) is 6.30.